The molecule has 2 nitrogen and oxygen atoms in total. The molecule has 0 unspecified atom stereocenters. The van der Waals surface area contributed by atoms with Crippen molar-refractivity contribution in [3.63, 3.8) is 0 Å². The topological polar surface area (TPSA) is 17.8 Å². The minimum atomic E-state index is 0.498. The fourth-order valence-corrected chi connectivity index (χ4v) is 1.77. The average molecular weight is 224 g/mol. The highest BCUT2D eigenvalue weighted by Crippen LogP contribution is 2.21. The Morgan fingerprint density at radius 1 is 1.70 bits per heavy atom. The molecule has 0 spiro atoms. The Morgan fingerprint density at radius 3 is 2.50 bits per heavy atom. The summed E-state index contributed by atoms with van der Waals surface area (Å²) in [5.41, 5.74) is 2.01. The van der Waals surface area contributed by atoms with Crippen molar-refractivity contribution in [3.8, 4) is 0 Å². The molecule has 0 saturated carbocycles. The molecule has 1 aromatic rings. The smallest absolute Gasteiger partial charge is 0.0739 e. The van der Waals surface area contributed by atoms with Gasteiger partial charge in [0, 0.05) is 7.05 Å². The van der Waals surface area contributed by atoms with Crippen LogP contribution in [0.4, 0.5) is 0 Å². The van der Waals surface area contributed by atoms with E-state index in [0.29, 0.717) is 5.88 Å². The van der Waals surface area contributed by atoms with Crippen molar-refractivity contribution in [2.24, 2.45) is 7.05 Å². The van der Waals surface area contributed by atoms with Crippen LogP contribution in [0.5, 0.6) is 0 Å². The molecule has 0 aliphatic carbocycles. The first-order chi connectivity index (χ1) is 4.66. The number of rotatable bonds is 1. The van der Waals surface area contributed by atoms with Gasteiger partial charge in [0.15, 0.2) is 0 Å². The highest BCUT2D eigenvalue weighted by molar-refractivity contribution is 9.10. The first-order valence-corrected chi connectivity index (χ1v) is 4.23. The zero-order valence-corrected chi connectivity index (χ0v) is 8.20. The summed E-state index contributed by atoms with van der Waals surface area (Å²) in [7, 11) is 1.88. The lowest BCUT2D eigenvalue weighted by atomic mass is 10.4. The van der Waals surface area contributed by atoms with Crippen LogP contribution < -0.4 is 0 Å². The first-order valence-electron chi connectivity index (χ1n) is 2.90. The Hall–Kier alpha value is -0.0200. The molecule has 1 aromatic heterocycles. The molecule has 0 amide bonds. The summed E-state index contributed by atoms with van der Waals surface area (Å²) in [6.45, 7) is 1.94. The fourth-order valence-electron chi connectivity index (χ4n) is 0.825. The van der Waals surface area contributed by atoms with Gasteiger partial charge < -0.3 is 0 Å². The van der Waals surface area contributed by atoms with Gasteiger partial charge in [0.25, 0.3) is 0 Å². The maximum absolute atomic E-state index is 5.66. The molecule has 0 fully saturated rings. The maximum Gasteiger partial charge on any atom is 0.0739 e. The molecule has 10 heavy (non-hydrogen) atoms. The van der Waals surface area contributed by atoms with Crippen LogP contribution in [0, 0.1) is 6.92 Å². The van der Waals surface area contributed by atoms with E-state index in [-0.39, 0.29) is 0 Å². The van der Waals surface area contributed by atoms with Gasteiger partial charge in [-0.05, 0) is 22.9 Å². The number of aryl methyl sites for hydroxylation is 2. The lowest BCUT2D eigenvalue weighted by Crippen LogP contribution is -1.95. The average Bonchev–Trinajstić information content (AvgIpc) is 2.09. The quantitative estimate of drug-likeness (QED) is 0.668. The number of alkyl halides is 1. The summed E-state index contributed by atoms with van der Waals surface area (Å²) in [6, 6.07) is 0. The van der Waals surface area contributed by atoms with Crippen molar-refractivity contribution in [2.45, 2.75) is 12.8 Å². The monoisotopic (exact) mass is 222 g/mol. The predicted octanol–water partition coefficient (Wildman–Crippen LogP) is 2.23. The molecule has 0 saturated heterocycles. The number of nitrogens with zero attached hydrogens (tertiary/aromatic N) is 2. The molecule has 1 heterocycles. The Labute approximate surface area is 73.3 Å². The first kappa shape index (κ1) is 8.08. The molecule has 0 radical (unpaired) electrons. The van der Waals surface area contributed by atoms with E-state index >= 15 is 0 Å². The molecule has 0 aliphatic rings. The van der Waals surface area contributed by atoms with E-state index < -0.39 is 0 Å². The summed E-state index contributed by atoms with van der Waals surface area (Å²) in [5.74, 6) is 0.498. The highest BCUT2D eigenvalue weighted by atomic mass is 79.9. The van der Waals surface area contributed by atoms with Crippen LogP contribution in [-0.4, -0.2) is 9.78 Å². The molecule has 0 atom stereocenters. The van der Waals surface area contributed by atoms with E-state index in [0.717, 1.165) is 15.9 Å². The van der Waals surface area contributed by atoms with E-state index in [1.54, 1.807) is 4.68 Å². The zero-order valence-electron chi connectivity index (χ0n) is 5.86. The van der Waals surface area contributed by atoms with Gasteiger partial charge >= 0.3 is 0 Å². The number of aromatic nitrogens is 2. The third-order valence-electron chi connectivity index (χ3n) is 1.39. The van der Waals surface area contributed by atoms with Gasteiger partial charge in [-0.2, -0.15) is 5.10 Å². The lowest BCUT2D eigenvalue weighted by Gasteiger charge is -1.94. The normalized spacial score (nSPS) is 10.4. The lowest BCUT2D eigenvalue weighted by molar-refractivity contribution is 0.726. The van der Waals surface area contributed by atoms with E-state index in [1.807, 2.05) is 14.0 Å². The van der Waals surface area contributed by atoms with E-state index in [4.69, 9.17) is 11.6 Å². The van der Waals surface area contributed by atoms with Crippen LogP contribution in [0.1, 0.15) is 11.4 Å². The van der Waals surface area contributed by atoms with E-state index in [2.05, 4.69) is 21.0 Å². The number of halogens is 2. The summed E-state index contributed by atoms with van der Waals surface area (Å²) in [6.07, 6.45) is 0. The van der Waals surface area contributed by atoms with Gasteiger partial charge in [0.05, 0.1) is 21.7 Å². The van der Waals surface area contributed by atoms with Gasteiger partial charge in [-0.1, -0.05) is 0 Å². The van der Waals surface area contributed by atoms with Crippen molar-refractivity contribution >= 4 is 27.5 Å². The summed E-state index contributed by atoms with van der Waals surface area (Å²) >= 11 is 9.05. The highest BCUT2D eigenvalue weighted by Gasteiger charge is 2.07. The van der Waals surface area contributed by atoms with Crippen molar-refractivity contribution in [1.82, 2.24) is 9.78 Å². The molecular formula is C6H8BrClN2. The third-order valence-corrected chi connectivity index (χ3v) is 2.67. The van der Waals surface area contributed by atoms with Crippen LogP contribution in [-0.2, 0) is 12.9 Å². The van der Waals surface area contributed by atoms with E-state index in [9.17, 15) is 0 Å². The second-order valence-corrected chi connectivity index (χ2v) is 3.16. The minimum absolute atomic E-state index is 0.498. The van der Waals surface area contributed by atoms with Gasteiger partial charge in [-0.15, -0.1) is 11.6 Å². The van der Waals surface area contributed by atoms with Gasteiger partial charge in [0.1, 0.15) is 0 Å². The van der Waals surface area contributed by atoms with Crippen LogP contribution in [0.3, 0.4) is 0 Å². The minimum Gasteiger partial charge on any atom is -0.270 e. The van der Waals surface area contributed by atoms with Crippen molar-refractivity contribution in [3.05, 3.63) is 15.9 Å². The maximum atomic E-state index is 5.66. The van der Waals surface area contributed by atoms with E-state index in [1.165, 1.54) is 0 Å². The molecule has 1 rings (SSSR count). The second kappa shape index (κ2) is 2.93. The van der Waals surface area contributed by atoms with Crippen molar-refractivity contribution < 1.29 is 0 Å². The molecule has 0 aliphatic heterocycles. The zero-order chi connectivity index (χ0) is 7.72. The van der Waals surface area contributed by atoms with Crippen LogP contribution in [0.15, 0.2) is 4.47 Å². The Bertz CT molecular complexity index is 244. The SMILES string of the molecule is Cc1nn(C)c(CCl)c1Br. The van der Waals surface area contributed by atoms with Crippen molar-refractivity contribution in [1.29, 1.82) is 0 Å². The van der Waals surface area contributed by atoms with Gasteiger partial charge in [-0.25, -0.2) is 0 Å². The Kier molecular flexibility index (Phi) is 2.36. The number of hydrogen-bond donors (Lipinski definition) is 0. The summed E-state index contributed by atoms with van der Waals surface area (Å²) < 4.78 is 2.80. The third kappa shape index (κ3) is 1.20. The molecular weight excluding hydrogens is 215 g/mol. The van der Waals surface area contributed by atoms with Crippen molar-refractivity contribution in [2.75, 3.05) is 0 Å². The molecule has 4 heteroatoms. The standard InChI is InChI=1S/C6H8BrClN2/c1-4-6(7)5(3-8)10(2)9-4/h3H2,1-2H3. The van der Waals surface area contributed by atoms with Crippen LogP contribution >= 0.6 is 27.5 Å². The van der Waals surface area contributed by atoms with Crippen LogP contribution in [0.2, 0.25) is 0 Å². The van der Waals surface area contributed by atoms with Gasteiger partial charge in [0.2, 0.25) is 0 Å². The molecule has 0 N–H and O–H groups in total. The summed E-state index contributed by atoms with van der Waals surface area (Å²) in [5, 5.41) is 4.17. The summed E-state index contributed by atoms with van der Waals surface area (Å²) in [4.78, 5) is 0. The van der Waals surface area contributed by atoms with Crippen LogP contribution in [0.25, 0.3) is 0 Å². The molecule has 56 valence electrons. The second-order valence-electron chi connectivity index (χ2n) is 2.10. The van der Waals surface area contributed by atoms with Gasteiger partial charge in [-0.3, -0.25) is 4.68 Å². The Morgan fingerprint density at radius 2 is 2.30 bits per heavy atom. The predicted molar refractivity (Wildman–Crippen MR) is 45.2 cm³/mol. The molecule has 0 bridgehead atoms. The fraction of sp³-hybridized carbons (Fsp3) is 0.500. The number of hydrogen-bond acceptors (Lipinski definition) is 1. The largest absolute Gasteiger partial charge is 0.270 e. The Balaban J connectivity index is 3.20. The molecule has 0 aromatic carbocycles.